The zero-order chi connectivity index (χ0) is 18.4. The first-order chi connectivity index (χ1) is 12.6. The van der Waals surface area contributed by atoms with Crippen molar-refractivity contribution in [2.24, 2.45) is 5.92 Å². The van der Waals surface area contributed by atoms with Crippen LogP contribution in [0, 0.1) is 5.92 Å². The minimum Gasteiger partial charge on any atom is -0.344 e. The van der Waals surface area contributed by atoms with Gasteiger partial charge in [-0.05, 0) is 17.9 Å². The van der Waals surface area contributed by atoms with Crippen LogP contribution in [0.2, 0.25) is 0 Å². The maximum absolute atomic E-state index is 12.4. The molecule has 3 rings (SSSR count). The second-order valence-electron chi connectivity index (χ2n) is 6.60. The van der Waals surface area contributed by atoms with Crippen molar-refractivity contribution in [3.63, 3.8) is 0 Å². The number of aryl methyl sites for hydroxylation is 1. The molecule has 0 aliphatic carbocycles. The van der Waals surface area contributed by atoms with Crippen LogP contribution in [0.3, 0.4) is 0 Å². The Balaban J connectivity index is 1.66. The van der Waals surface area contributed by atoms with Crippen molar-refractivity contribution in [2.45, 2.75) is 32.7 Å². The lowest BCUT2D eigenvalue weighted by atomic mass is 10.0. The molecular formula is C21H23N3O2. The van der Waals surface area contributed by atoms with Crippen molar-refractivity contribution in [3.05, 3.63) is 72.1 Å². The quantitative estimate of drug-likeness (QED) is 0.695. The Hall–Kier alpha value is -2.95. The summed E-state index contributed by atoms with van der Waals surface area (Å²) in [4.78, 5) is 16.9. The van der Waals surface area contributed by atoms with Gasteiger partial charge in [0.15, 0.2) is 0 Å². The fourth-order valence-electron chi connectivity index (χ4n) is 2.73. The standard InChI is InChI=1S/C21H23N3O2/c1-15(2)19(22-18(25)14-13-16-9-5-3-6-10-16)21-23-20(24-26-21)17-11-7-4-8-12-17/h3-12,15,19H,13-14H2,1-2H3,(H,22,25). The van der Waals surface area contributed by atoms with Crippen molar-refractivity contribution < 1.29 is 9.32 Å². The molecule has 0 fully saturated rings. The number of rotatable bonds is 7. The molecule has 3 aromatic rings. The molecular weight excluding hydrogens is 326 g/mol. The number of hydrogen-bond acceptors (Lipinski definition) is 4. The zero-order valence-electron chi connectivity index (χ0n) is 15.1. The summed E-state index contributed by atoms with van der Waals surface area (Å²) in [6.45, 7) is 4.04. The molecule has 1 heterocycles. The molecule has 0 spiro atoms. The zero-order valence-corrected chi connectivity index (χ0v) is 15.1. The molecule has 0 aliphatic heterocycles. The van der Waals surface area contributed by atoms with E-state index < -0.39 is 0 Å². The van der Waals surface area contributed by atoms with Crippen molar-refractivity contribution in [3.8, 4) is 11.4 Å². The molecule has 5 heteroatoms. The Labute approximate surface area is 153 Å². The van der Waals surface area contributed by atoms with Gasteiger partial charge in [0, 0.05) is 12.0 Å². The lowest BCUT2D eigenvalue weighted by Gasteiger charge is -2.18. The fourth-order valence-corrected chi connectivity index (χ4v) is 2.73. The Kier molecular flexibility index (Phi) is 5.79. The van der Waals surface area contributed by atoms with Gasteiger partial charge in [0.05, 0.1) is 0 Å². The first-order valence-electron chi connectivity index (χ1n) is 8.86. The van der Waals surface area contributed by atoms with E-state index >= 15 is 0 Å². The van der Waals surface area contributed by atoms with Crippen LogP contribution in [0.25, 0.3) is 11.4 Å². The van der Waals surface area contributed by atoms with Crippen LogP contribution in [0.1, 0.15) is 37.8 Å². The third kappa shape index (κ3) is 4.57. The second-order valence-corrected chi connectivity index (χ2v) is 6.60. The summed E-state index contributed by atoms with van der Waals surface area (Å²) in [5.74, 6) is 1.09. The fraction of sp³-hybridized carbons (Fsp3) is 0.286. The molecule has 5 nitrogen and oxygen atoms in total. The average molecular weight is 349 g/mol. The lowest BCUT2D eigenvalue weighted by molar-refractivity contribution is -0.122. The van der Waals surface area contributed by atoms with Gasteiger partial charge in [-0.2, -0.15) is 4.98 Å². The van der Waals surface area contributed by atoms with Crippen LogP contribution in [-0.4, -0.2) is 16.0 Å². The maximum Gasteiger partial charge on any atom is 0.249 e. The molecule has 0 aliphatic rings. The Morgan fingerprint density at radius 2 is 1.69 bits per heavy atom. The number of nitrogens with one attached hydrogen (secondary N) is 1. The summed E-state index contributed by atoms with van der Waals surface area (Å²) in [5.41, 5.74) is 2.04. The van der Waals surface area contributed by atoms with E-state index in [-0.39, 0.29) is 17.9 Å². The number of hydrogen-bond donors (Lipinski definition) is 1. The number of aromatic nitrogens is 2. The van der Waals surface area contributed by atoms with Gasteiger partial charge in [-0.25, -0.2) is 0 Å². The van der Waals surface area contributed by atoms with E-state index in [1.165, 1.54) is 0 Å². The summed E-state index contributed by atoms with van der Waals surface area (Å²) >= 11 is 0. The number of carbonyl (C=O) groups is 1. The third-order valence-corrected chi connectivity index (χ3v) is 4.21. The summed E-state index contributed by atoms with van der Waals surface area (Å²) in [6.07, 6.45) is 1.13. The second kappa shape index (κ2) is 8.43. The minimum atomic E-state index is -0.303. The molecule has 1 aromatic heterocycles. The summed E-state index contributed by atoms with van der Waals surface area (Å²) in [5, 5.41) is 7.09. The predicted octanol–water partition coefficient (Wildman–Crippen LogP) is 4.18. The summed E-state index contributed by atoms with van der Waals surface area (Å²) in [6, 6.07) is 19.3. The normalized spacial score (nSPS) is 12.1. The molecule has 0 saturated carbocycles. The molecule has 0 radical (unpaired) electrons. The first kappa shape index (κ1) is 17.9. The van der Waals surface area contributed by atoms with E-state index in [0.717, 1.165) is 11.1 Å². The Morgan fingerprint density at radius 3 is 2.35 bits per heavy atom. The maximum atomic E-state index is 12.4. The van der Waals surface area contributed by atoms with Gasteiger partial charge >= 0.3 is 0 Å². The first-order valence-corrected chi connectivity index (χ1v) is 8.86. The van der Waals surface area contributed by atoms with Crippen molar-refractivity contribution >= 4 is 5.91 Å². The van der Waals surface area contributed by atoms with E-state index in [2.05, 4.69) is 15.5 Å². The van der Waals surface area contributed by atoms with Gasteiger partial charge in [-0.15, -0.1) is 0 Å². The van der Waals surface area contributed by atoms with Crippen LogP contribution in [-0.2, 0) is 11.2 Å². The number of benzene rings is 2. The van der Waals surface area contributed by atoms with Gasteiger partial charge in [0.25, 0.3) is 0 Å². The molecule has 134 valence electrons. The van der Waals surface area contributed by atoms with Gasteiger partial charge in [0.2, 0.25) is 17.6 Å². The van der Waals surface area contributed by atoms with E-state index in [4.69, 9.17) is 4.52 Å². The molecule has 2 aromatic carbocycles. The smallest absolute Gasteiger partial charge is 0.249 e. The number of amides is 1. The summed E-state index contributed by atoms with van der Waals surface area (Å²) < 4.78 is 5.43. The average Bonchev–Trinajstić information content (AvgIpc) is 3.15. The van der Waals surface area contributed by atoms with Crippen LogP contribution < -0.4 is 5.32 Å². The topological polar surface area (TPSA) is 68.0 Å². The monoisotopic (exact) mass is 349 g/mol. The SMILES string of the molecule is CC(C)C(NC(=O)CCc1ccccc1)c1nc(-c2ccccc2)no1. The molecule has 0 bridgehead atoms. The minimum absolute atomic E-state index is 0.0213. The number of nitrogens with zero attached hydrogens (tertiary/aromatic N) is 2. The molecule has 26 heavy (non-hydrogen) atoms. The van der Waals surface area contributed by atoms with Crippen LogP contribution in [0.4, 0.5) is 0 Å². The third-order valence-electron chi connectivity index (χ3n) is 4.21. The Morgan fingerprint density at radius 1 is 1.04 bits per heavy atom. The largest absolute Gasteiger partial charge is 0.344 e. The van der Waals surface area contributed by atoms with Gasteiger partial charge in [-0.3, -0.25) is 4.79 Å². The van der Waals surface area contributed by atoms with Gasteiger partial charge in [-0.1, -0.05) is 79.7 Å². The van der Waals surface area contributed by atoms with Crippen molar-refractivity contribution in [1.29, 1.82) is 0 Å². The lowest BCUT2D eigenvalue weighted by Crippen LogP contribution is -2.32. The Bertz CT molecular complexity index is 829. The van der Waals surface area contributed by atoms with Gasteiger partial charge in [0.1, 0.15) is 6.04 Å². The molecule has 1 unspecified atom stereocenters. The van der Waals surface area contributed by atoms with E-state index in [9.17, 15) is 4.79 Å². The van der Waals surface area contributed by atoms with Crippen molar-refractivity contribution in [2.75, 3.05) is 0 Å². The highest BCUT2D eigenvalue weighted by molar-refractivity contribution is 5.76. The molecule has 1 amide bonds. The molecule has 1 N–H and O–H groups in total. The predicted molar refractivity (Wildman–Crippen MR) is 100 cm³/mol. The summed E-state index contributed by atoms with van der Waals surface area (Å²) in [7, 11) is 0. The van der Waals surface area contributed by atoms with Crippen LogP contribution in [0.15, 0.2) is 65.2 Å². The highest BCUT2D eigenvalue weighted by atomic mass is 16.5. The highest BCUT2D eigenvalue weighted by Gasteiger charge is 2.24. The number of carbonyl (C=O) groups excluding carboxylic acids is 1. The van der Waals surface area contributed by atoms with E-state index in [1.807, 2.05) is 74.5 Å². The highest BCUT2D eigenvalue weighted by Crippen LogP contribution is 2.23. The van der Waals surface area contributed by atoms with Crippen molar-refractivity contribution in [1.82, 2.24) is 15.5 Å². The van der Waals surface area contributed by atoms with E-state index in [0.29, 0.717) is 24.6 Å². The molecule has 1 atom stereocenters. The van der Waals surface area contributed by atoms with Crippen LogP contribution >= 0.6 is 0 Å². The van der Waals surface area contributed by atoms with E-state index in [1.54, 1.807) is 0 Å². The van der Waals surface area contributed by atoms with Gasteiger partial charge < -0.3 is 9.84 Å². The van der Waals surface area contributed by atoms with Crippen LogP contribution in [0.5, 0.6) is 0 Å². The molecule has 0 saturated heterocycles.